The van der Waals surface area contributed by atoms with E-state index in [-0.39, 0.29) is 5.60 Å². The fourth-order valence-electron chi connectivity index (χ4n) is 3.30. The maximum absolute atomic E-state index is 10.2. The minimum absolute atomic E-state index is 0.168. The molecule has 1 heterocycles. The lowest BCUT2D eigenvalue weighted by molar-refractivity contribution is -0.0853. The molecule has 0 bridgehead atoms. The number of nitrogens with one attached hydrogen (secondary N) is 1. The van der Waals surface area contributed by atoms with E-state index in [1.807, 2.05) is 13.2 Å². The zero-order valence-corrected chi connectivity index (χ0v) is 12.5. The molecule has 2 N–H and O–H groups in total. The minimum atomic E-state index is -0.597. The summed E-state index contributed by atoms with van der Waals surface area (Å²) in [7, 11) is 0. The van der Waals surface area contributed by atoms with Crippen molar-refractivity contribution in [3.63, 3.8) is 0 Å². The van der Waals surface area contributed by atoms with Gasteiger partial charge in [0.25, 0.3) is 0 Å². The molecule has 1 saturated carbocycles. The Morgan fingerprint density at radius 1 is 1.44 bits per heavy atom. The molecular formula is C14H27NO2S. The van der Waals surface area contributed by atoms with E-state index in [1.165, 1.54) is 25.7 Å². The molecule has 106 valence electrons. The van der Waals surface area contributed by atoms with E-state index < -0.39 is 5.60 Å². The molecule has 2 atom stereocenters. The molecular weight excluding hydrogens is 246 g/mol. The number of rotatable bonds is 5. The Morgan fingerprint density at radius 3 is 2.83 bits per heavy atom. The molecule has 1 aliphatic carbocycles. The summed E-state index contributed by atoms with van der Waals surface area (Å²) in [5, 5.41) is 13.7. The van der Waals surface area contributed by atoms with Gasteiger partial charge in [-0.15, -0.1) is 0 Å². The molecule has 0 radical (unpaired) electrons. The zero-order chi connectivity index (χ0) is 13.1. The van der Waals surface area contributed by atoms with Crippen molar-refractivity contribution in [2.75, 3.05) is 25.2 Å². The standard InChI is InChI=1S/C14H27NO2S/c1-13(16,11-18-2)10-15-12-5-8-17-14(9-12)6-3-4-7-14/h12,15-16H,3-11H2,1-2H3. The van der Waals surface area contributed by atoms with Crippen LogP contribution in [0.15, 0.2) is 0 Å². The van der Waals surface area contributed by atoms with E-state index in [0.29, 0.717) is 12.6 Å². The van der Waals surface area contributed by atoms with Crippen LogP contribution in [-0.4, -0.2) is 47.5 Å². The SMILES string of the molecule is CSCC(C)(O)CNC1CCOC2(CCCC2)C1. The van der Waals surface area contributed by atoms with Gasteiger partial charge in [0.1, 0.15) is 0 Å². The summed E-state index contributed by atoms with van der Waals surface area (Å²) >= 11 is 1.70. The van der Waals surface area contributed by atoms with Crippen LogP contribution in [0.25, 0.3) is 0 Å². The summed E-state index contributed by atoms with van der Waals surface area (Å²) in [6.45, 7) is 3.48. The molecule has 2 unspecified atom stereocenters. The Balaban J connectivity index is 1.79. The highest BCUT2D eigenvalue weighted by atomic mass is 32.2. The molecule has 1 aliphatic heterocycles. The molecule has 0 amide bonds. The van der Waals surface area contributed by atoms with Gasteiger partial charge in [-0.05, 0) is 38.9 Å². The second-order valence-electron chi connectivity index (χ2n) is 6.24. The Bertz CT molecular complexity index is 265. The number of hydrogen-bond acceptors (Lipinski definition) is 4. The number of ether oxygens (including phenoxy) is 1. The highest BCUT2D eigenvalue weighted by Crippen LogP contribution is 2.39. The monoisotopic (exact) mass is 273 g/mol. The first-order valence-corrected chi connectivity index (χ1v) is 8.53. The summed E-state index contributed by atoms with van der Waals surface area (Å²) < 4.78 is 6.03. The summed E-state index contributed by atoms with van der Waals surface area (Å²) in [5.74, 6) is 0.786. The summed E-state index contributed by atoms with van der Waals surface area (Å²) in [6, 6.07) is 0.519. The molecule has 2 rings (SSSR count). The van der Waals surface area contributed by atoms with Gasteiger partial charge in [0.2, 0.25) is 0 Å². The van der Waals surface area contributed by atoms with Gasteiger partial charge in [0.05, 0.1) is 11.2 Å². The van der Waals surface area contributed by atoms with E-state index in [2.05, 4.69) is 5.32 Å². The van der Waals surface area contributed by atoms with Gasteiger partial charge in [0, 0.05) is 24.9 Å². The molecule has 2 aliphatic rings. The second-order valence-corrected chi connectivity index (χ2v) is 7.11. The Labute approximate surface area is 115 Å². The van der Waals surface area contributed by atoms with Gasteiger partial charge in [-0.2, -0.15) is 11.8 Å². The maximum Gasteiger partial charge on any atom is 0.0833 e. The fourth-order valence-corrected chi connectivity index (χ4v) is 4.02. The van der Waals surface area contributed by atoms with Crippen LogP contribution in [0.2, 0.25) is 0 Å². The van der Waals surface area contributed by atoms with E-state index in [4.69, 9.17) is 4.74 Å². The highest BCUT2D eigenvalue weighted by Gasteiger charge is 2.40. The van der Waals surface area contributed by atoms with Crippen molar-refractivity contribution >= 4 is 11.8 Å². The van der Waals surface area contributed by atoms with Crippen molar-refractivity contribution in [2.45, 2.75) is 62.7 Å². The average Bonchev–Trinajstić information content (AvgIpc) is 2.75. The van der Waals surface area contributed by atoms with Crippen molar-refractivity contribution < 1.29 is 9.84 Å². The van der Waals surface area contributed by atoms with Crippen LogP contribution in [0.1, 0.15) is 45.4 Å². The molecule has 0 aromatic heterocycles. The molecule has 18 heavy (non-hydrogen) atoms. The van der Waals surface area contributed by atoms with Crippen molar-refractivity contribution in [1.82, 2.24) is 5.32 Å². The van der Waals surface area contributed by atoms with Crippen LogP contribution in [0.4, 0.5) is 0 Å². The van der Waals surface area contributed by atoms with Crippen molar-refractivity contribution in [1.29, 1.82) is 0 Å². The first-order chi connectivity index (χ1) is 8.55. The van der Waals surface area contributed by atoms with Crippen LogP contribution >= 0.6 is 11.8 Å². The van der Waals surface area contributed by atoms with Crippen LogP contribution < -0.4 is 5.32 Å². The van der Waals surface area contributed by atoms with E-state index in [9.17, 15) is 5.11 Å². The third kappa shape index (κ3) is 3.86. The fraction of sp³-hybridized carbons (Fsp3) is 1.00. The molecule has 4 heteroatoms. The topological polar surface area (TPSA) is 41.5 Å². The Hall–Kier alpha value is 0.230. The van der Waals surface area contributed by atoms with E-state index in [1.54, 1.807) is 11.8 Å². The summed E-state index contributed by atoms with van der Waals surface area (Å²) in [4.78, 5) is 0. The average molecular weight is 273 g/mol. The third-order valence-electron chi connectivity index (χ3n) is 4.23. The predicted molar refractivity (Wildman–Crippen MR) is 77.2 cm³/mol. The Kier molecular flexibility index (Phi) is 4.98. The molecule has 0 aromatic rings. The number of thioether (sulfide) groups is 1. The predicted octanol–water partition coefficient (Wildman–Crippen LogP) is 2.18. The van der Waals surface area contributed by atoms with Crippen molar-refractivity contribution in [2.24, 2.45) is 0 Å². The molecule has 1 spiro atoms. The van der Waals surface area contributed by atoms with E-state index >= 15 is 0 Å². The first-order valence-electron chi connectivity index (χ1n) is 7.14. The summed E-state index contributed by atoms with van der Waals surface area (Å²) in [6.07, 6.45) is 9.34. The van der Waals surface area contributed by atoms with Gasteiger partial charge in [-0.3, -0.25) is 0 Å². The summed E-state index contributed by atoms with van der Waals surface area (Å²) in [5.41, 5.74) is -0.429. The molecule has 2 fully saturated rings. The van der Waals surface area contributed by atoms with Crippen LogP contribution in [0.5, 0.6) is 0 Å². The van der Waals surface area contributed by atoms with Crippen molar-refractivity contribution in [3.05, 3.63) is 0 Å². The number of aliphatic hydroxyl groups is 1. The minimum Gasteiger partial charge on any atom is -0.388 e. The lowest BCUT2D eigenvalue weighted by atomic mass is 9.88. The van der Waals surface area contributed by atoms with Gasteiger partial charge in [-0.25, -0.2) is 0 Å². The van der Waals surface area contributed by atoms with Crippen LogP contribution in [0, 0.1) is 0 Å². The molecule has 3 nitrogen and oxygen atoms in total. The smallest absolute Gasteiger partial charge is 0.0833 e. The zero-order valence-electron chi connectivity index (χ0n) is 11.7. The van der Waals surface area contributed by atoms with Crippen LogP contribution in [0.3, 0.4) is 0 Å². The van der Waals surface area contributed by atoms with E-state index in [0.717, 1.165) is 25.2 Å². The van der Waals surface area contributed by atoms with Gasteiger partial charge < -0.3 is 15.2 Å². The van der Waals surface area contributed by atoms with Gasteiger partial charge in [-0.1, -0.05) is 12.8 Å². The quantitative estimate of drug-likeness (QED) is 0.805. The third-order valence-corrected chi connectivity index (χ3v) is 5.15. The largest absolute Gasteiger partial charge is 0.388 e. The Morgan fingerprint density at radius 2 is 2.17 bits per heavy atom. The van der Waals surface area contributed by atoms with Crippen molar-refractivity contribution in [3.8, 4) is 0 Å². The van der Waals surface area contributed by atoms with Gasteiger partial charge >= 0.3 is 0 Å². The molecule has 1 saturated heterocycles. The molecule has 0 aromatic carbocycles. The lowest BCUT2D eigenvalue weighted by Crippen LogP contribution is -2.50. The van der Waals surface area contributed by atoms with Gasteiger partial charge in [0.15, 0.2) is 0 Å². The second kappa shape index (κ2) is 6.12. The maximum atomic E-state index is 10.2. The normalized spacial score (nSPS) is 30.5. The first kappa shape index (κ1) is 14.6. The van der Waals surface area contributed by atoms with Crippen LogP contribution in [-0.2, 0) is 4.74 Å². The number of hydrogen-bond donors (Lipinski definition) is 2. The lowest BCUT2D eigenvalue weighted by Gasteiger charge is -2.39. The highest BCUT2D eigenvalue weighted by molar-refractivity contribution is 7.98.